The molecule has 1 heterocycles. The smallest absolute Gasteiger partial charge is 0.262 e. The highest BCUT2D eigenvalue weighted by molar-refractivity contribution is 7.21. The molecule has 1 atom stereocenters. The Morgan fingerprint density at radius 2 is 1.87 bits per heavy atom. The molecule has 152 valence electrons. The molecule has 0 saturated heterocycles. The standard InChI is InChI=1S/C25H24N2O2S/c1-3-17(2)18-11-13-21(14-12-18)29-16-24(28)26-20-8-6-7-19(15-20)25-27-22-9-4-5-10-23(22)30-25/h4-15,17H,3,16H2,1-2H3,(H,26,28). The average molecular weight is 417 g/mol. The molecule has 0 fully saturated rings. The van der Waals surface area contributed by atoms with Gasteiger partial charge in [0.15, 0.2) is 6.61 Å². The van der Waals surface area contributed by atoms with E-state index < -0.39 is 0 Å². The highest BCUT2D eigenvalue weighted by atomic mass is 32.1. The number of nitrogens with one attached hydrogen (secondary N) is 1. The summed E-state index contributed by atoms with van der Waals surface area (Å²) in [7, 11) is 0. The number of rotatable bonds is 7. The Morgan fingerprint density at radius 3 is 2.63 bits per heavy atom. The number of thiazole rings is 1. The molecule has 0 radical (unpaired) electrons. The van der Waals surface area contributed by atoms with Crippen LogP contribution in [0.25, 0.3) is 20.8 Å². The van der Waals surface area contributed by atoms with Crippen LogP contribution in [0, 0.1) is 0 Å². The van der Waals surface area contributed by atoms with E-state index in [4.69, 9.17) is 4.74 Å². The first-order chi connectivity index (χ1) is 14.6. The maximum absolute atomic E-state index is 12.3. The van der Waals surface area contributed by atoms with Gasteiger partial charge in [-0.3, -0.25) is 4.79 Å². The molecule has 5 heteroatoms. The van der Waals surface area contributed by atoms with E-state index in [-0.39, 0.29) is 12.5 Å². The van der Waals surface area contributed by atoms with Crippen LogP contribution in [-0.2, 0) is 4.79 Å². The highest BCUT2D eigenvalue weighted by Crippen LogP contribution is 2.31. The van der Waals surface area contributed by atoms with Gasteiger partial charge in [0.25, 0.3) is 5.91 Å². The summed E-state index contributed by atoms with van der Waals surface area (Å²) in [6, 6.07) is 23.8. The summed E-state index contributed by atoms with van der Waals surface area (Å²) in [5.74, 6) is 1.02. The molecule has 0 aliphatic heterocycles. The largest absolute Gasteiger partial charge is 0.484 e. The Labute approximate surface area is 180 Å². The lowest BCUT2D eigenvalue weighted by atomic mass is 9.99. The van der Waals surface area contributed by atoms with Crippen LogP contribution in [0.4, 0.5) is 5.69 Å². The number of amides is 1. The normalized spacial score (nSPS) is 11.9. The lowest BCUT2D eigenvalue weighted by Crippen LogP contribution is -2.20. The van der Waals surface area contributed by atoms with E-state index in [1.807, 2.05) is 54.6 Å². The summed E-state index contributed by atoms with van der Waals surface area (Å²) in [4.78, 5) is 17.0. The molecule has 1 amide bonds. The van der Waals surface area contributed by atoms with E-state index in [9.17, 15) is 4.79 Å². The number of fused-ring (bicyclic) bond motifs is 1. The first kappa shape index (κ1) is 20.1. The number of ether oxygens (including phenoxy) is 1. The van der Waals surface area contributed by atoms with E-state index >= 15 is 0 Å². The SMILES string of the molecule is CCC(C)c1ccc(OCC(=O)Nc2cccc(-c3nc4ccccc4s3)c2)cc1. The van der Waals surface area contributed by atoms with Crippen molar-refractivity contribution in [1.29, 1.82) is 0 Å². The van der Waals surface area contributed by atoms with Crippen molar-refractivity contribution in [2.24, 2.45) is 0 Å². The predicted molar refractivity (Wildman–Crippen MR) is 124 cm³/mol. The van der Waals surface area contributed by atoms with Gasteiger partial charge < -0.3 is 10.1 Å². The number of hydrogen-bond acceptors (Lipinski definition) is 4. The quantitative estimate of drug-likeness (QED) is 0.374. The lowest BCUT2D eigenvalue weighted by Gasteiger charge is -2.11. The van der Waals surface area contributed by atoms with Gasteiger partial charge in [0.05, 0.1) is 10.2 Å². The van der Waals surface area contributed by atoms with Crippen LogP contribution in [-0.4, -0.2) is 17.5 Å². The van der Waals surface area contributed by atoms with Gasteiger partial charge in [-0.05, 0) is 54.3 Å². The van der Waals surface area contributed by atoms with E-state index in [2.05, 4.69) is 42.3 Å². The van der Waals surface area contributed by atoms with E-state index in [1.165, 1.54) is 5.56 Å². The Hall–Kier alpha value is -3.18. The maximum atomic E-state index is 12.3. The third kappa shape index (κ3) is 4.69. The minimum Gasteiger partial charge on any atom is -0.484 e. The van der Waals surface area contributed by atoms with E-state index in [1.54, 1.807) is 11.3 Å². The predicted octanol–water partition coefficient (Wildman–Crippen LogP) is 6.49. The van der Waals surface area contributed by atoms with Crippen LogP contribution in [0.5, 0.6) is 5.75 Å². The molecule has 0 aliphatic rings. The van der Waals surface area contributed by atoms with E-state index in [0.29, 0.717) is 11.7 Å². The van der Waals surface area contributed by atoms with Gasteiger partial charge in [-0.2, -0.15) is 0 Å². The van der Waals surface area contributed by atoms with Crippen molar-refractivity contribution in [3.05, 3.63) is 78.4 Å². The Kier molecular flexibility index (Phi) is 6.10. The molecule has 0 aliphatic carbocycles. The van der Waals surface area contributed by atoms with E-state index in [0.717, 1.165) is 32.9 Å². The minimum atomic E-state index is -0.192. The minimum absolute atomic E-state index is 0.0337. The molecule has 0 spiro atoms. The van der Waals surface area contributed by atoms with Crippen molar-refractivity contribution in [3.63, 3.8) is 0 Å². The number of aromatic nitrogens is 1. The third-order valence-corrected chi connectivity index (χ3v) is 6.20. The van der Waals surface area contributed by atoms with Crippen LogP contribution in [0.3, 0.4) is 0 Å². The summed E-state index contributed by atoms with van der Waals surface area (Å²) in [5.41, 5.74) is 3.98. The Balaban J connectivity index is 1.38. The molecule has 4 nitrogen and oxygen atoms in total. The number of carbonyl (C=O) groups excluding carboxylic acids is 1. The summed E-state index contributed by atoms with van der Waals surface area (Å²) < 4.78 is 6.79. The summed E-state index contributed by atoms with van der Waals surface area (Å²) in [6.45, 7) is 4.34. The fourth-order valence-electron chi connectivity index (χ4n) is 3.20. The van der Waals surface area contributed by atoms with Crippen molar-refractivity contribution in [3.8, 4) is 16.3 Å². The molecule has 1 N–H and O–H groups in total. The third-order valence-electron chi connectivity index (χ3n) is 5.12. The van der Waals surface area contributed by atoms with Gasteiger partial charge >= 0.3 is 0 Å². The van der Waals surface area contributed by atoms with Crippen molar-refractivity contribution in [2.45, 2.75) is 26.2 Å². The monoisotopic (exact) mass is 416 g/mol. The van der Waals surface area contributed by atoms with Gasteiger partial charge in [-0.1, -0.05) is 50.2 Å². The van der Waals surface area contributed by atoms with Gasteiger partial charge in [-0.15, -0.1) is 11.3 Å². The first-order valence-corrected chi connectivity index (χ1v) is 10.9. The van der Waals surface area contributed by atoms with Crippen molar-refractivity contribution < 1.29 is 9.53 Å². The average Bonchev–Trinajstić information content (AvgIpc) is 3.22. The maximum Gasteiger partial charge on any atom is 0.262 e. The molecule has 30 heavy (non-hydrogen) atoms. The number of nitrogens with zero attached hydrogens (tertiary/aromatic N) is 1. The lowest BCUT2D eigenvalue weighted by molar-refractivity contribution is -0.118. The summed E-state index contributed by atoms with van der Waals surface area (Å²) >= 11 is 1.64. The second kappa shape index (κ2) is 9.09. The Morgan fingerprint density at radius 1 is 1.07 bits per heavy atom. The summed E-state index contributed by atoms with van der Waals surface area (Å²) in [6.07, 6.45) is 1.10. The van der Waals surface area contributed by atoms with Crippen LogP contribution < -0.4 is 10.1 Å². The second-order valence-electron chi connectivity index (χ2n) is 7.28. The molecular weight excluding hydrogens is 392 g/mol. The van der Waals surface area contributed by atoms with Crippen LogP contribution in [0.15, 0.2) is 72.8 Å². The zero-order valence-electron chi connectivity index (χ0n) is 17.1. The van der Waals surface area contributed by atoms with Crippen LogP contribution >= 0.6 is 11.3 Å². The van der Waals surface area contributed by atoms with Gasteiger partial charge in [-0.25, -0.2) is 4.98 Å². The van der Waals surface area contributed by atoms with Gasteiger partial charge in [0.1, 0.15) is 10.8 Å². The second-order valence-corrected chi connectivity index (χ2v) is 8.31. The first-order valence-electron chi connectivity index (χ1n) is 10.1. The fourth-order valence-corrected chi connectivity index (χ4v) is 4.16. The molecule has 1 unspecified atom stereocenters. The molecule has 4 aromatic rings. The number of hydrogen-bond donors (Lipinski definition) is 1. The molecule has 4 rings (SSSR count). The number of para-hydroxylation sites is 1. The number of anilines is 1. The highest BCUT2D eigenvalue weighted by Gasteiger charge is 2.09. The van der Waals surface area contributed by atoms with Crippen molar-refractivity contribution >= 4 is 33.1 Å². The van der Waals surface area contributed by atoms with Crippen molar-refractivity contribution in [1.82, 2.24) is 4.98 Å². The summed E-state index contributed by atoms with van der Waals surface area (Å²) in [5, 5.41) is 3.84. The van der Waals surface area contributed by atoms with Gasteiger partial charge in [0.2, 0.25) is 0 Å². The molecule has 1 aromatic heterocycles. The van der Waals surface area contributed by atoms with Crippen LogP contribution in [0.2, 0.25) is 0 Å². The molecular formula is C25H24N2O2S. The number of benzene rings is 3. The zero-order valence-corrected chi connectivity index (χ0v) is 17.9. The topological polar surface area (TPSA) is 51.2 Å². The molecule has 3 aromatic carbocycles. The van der Waals surface area contributed by atoms with Crippen molar-refractivity contribution in [2.75, 3.05) is 11.9 Å². The number of carbonyl (C=O) groups is 1. The van der Waals surface area contributed by atoms with Gasteiger partial charge in [0, 0.05) is 11.3 Å². The van der Waals surface area contributed by atoms with Crippen LogP contribution in [0.1, 0.15) is 31.7 Å². The Bertz CT molecular complexity index is 1120. The molecule has 0 bridgehead atoms. The fraction of sp³-hybridized carbons (Fsp3) is 0.200. The zero-order chi connectivity index (χ0) is 20.9. The molecule has 0 saturated carbocycles.